The Balaban J connectivity index is 1.70. The highest BCUT2D eigenvalue weighted by Crippen LogP contribution is 2.29. The summed E-state index contributed by atoms with van der Waals surface area (Å²) >= 11 is 5.87. The molecule has 0 atom stereocenters. The third-order valence-corrected chi connectivity index (χ3v) is 5.52. The number of carbonyl (C=O) groups is 3. The predicted octanol–water partition coefficient (Wildman–Crippen LogP) is 4.05. The highest BCUT2D eigenvalue weighted by molar-refractivity contribution is 6.39. The van der Waals surface area contributed by atoms with Gasteiger partial charge in [0.25, 0.3) is 11.8 Å². The molecule has 0 unspecified atom stereocenters. The molecule has 2 aromatic rings. The van der Waals surface area contributed by atoms with Crippen LogP contribution in [0.5, 0.6) is 0 Å². The maximum atomic E-state index is 14.7. The molecule has 2 aliphatic heterocycles. The minimum atomic E-state index is -0.850. The summed E-state index contributed by atoms with van der Waals surface area (Å²) in [5, 5.41) is 2.60. The number of anilines is 2. The van der Waals surface area contributed by atoms with Crippen molar-refractivity contribution in [1.82, 2.24) is 5.32 Å². The predicted molar refractivity (Wildman–Crippen MR) is 113 cm³/mol. The monoisotopic (exact) mass is 427 g/mol. The van der Waals surface area contributed by atoms with Crippen LogP contribution in [0.1, 0.15) is 24.0 Å². The molecule has 0 aromatic heterocycles. The van der Waals surface area contributed by atoms with E-state index in [2.05, 4.69) is 5.32 Å². The molecule has 0 bridgehead atoms. The summed E-state index contributed by atoms with van der Waals surface area (Å²) in [5.74, 6) is -2.02. The van der Waals surface area contributed by atoms with E-state index in [1.807, 2.05) is 4.90 Å². The Labute approximate surface area is 177 Å². The number of barbiturate groups is 1. The zero-order chi connectivity index (χ0) is 21.4. The minimum Gasteiger partial charge on any atom is -0.369 e. The van der Waals surface area contributed by atoms with Crippen molar-refractivity contribution in [3.05, 3.63) is 63.9 Å². The van der Waals surface area contributed by atoms with Crippen molar-refractivity contribution in [2.45, 2.75) is 19.8 Å². The average molecular weight is 428 g/mol. The van der Waals surface area contributed by atoms with Gasteiger partial charge in [-0.3, -0.25) is 14.9 Å². The number of halogens is 2. The number of carbonyl (C=O) groups excluding carboxylic acids is 3. The van der Waals surface area contributed by atoms with Gasteiger partial charge in [0.05, 0.1) is 11.4 Å². The highest BCUT2D eigenvalue weighted by Gasteiger charge is 2.37. The number of hydrogen-bond acceptors (Lipinski definition) is 4. The first-order valence-electron chi connectivity index (χ1n) is 9.57. The van der Waals surface area contributed by atoms with Gasteiger partial charge in [0, 0.05) is 18.1 Å². The van der Waals surface area contributed by atoms with Crippen LogP contribution < -0.4 is 15.1 Å². The largest absolute Gasteiger partial charge is 0.369 e. The van der Waals surface area contributed by atoms with Gasteiger partial charge in [-0.2, -0.15) is 0 Å². The highest BCUT2D eigenvalue weighted by atomic mass is 35.5. The van der Waals surface area contributed by atoms with Gasteiger partial charge in [-0.05, 0) is 73.4 Å². The lowest BCUT2D eigenvalue weighted by atomic mass is 10.0. The van der Waals surface area contributed by atoms with E-state index >= 15 is 0 Å². The molecule has 8 heteroatoms. The van der Waals surface area contributed by atoms with E-state index in [0.29, 0.717) is 16.3 Å². The first kappa shape index (κ1) is 20.1. The quantitative estimate of drug-likeness (QED) is 0.592. The molecule has 1 N–H and O–H groups in total. The van der Waals surface area contributed by atoms with E-state index in [1.54, 1.807) is 13.0 Å². The second kappa shape index (κ2) is 7.91. The number of nitrogens with one attached hydrogen (secondary N) is 1. The first-order valence-corrected chi connectivity index (χ1v) is 9.95. The molecule has 154 valence electrons. The number of imide groups is 2. The maximum Gasteiger partial charge on any atom is 0.335 e. The molecule has 0 saturated carbocycles. The molecule has 4 amide bonds. The molecule has 6 nitrogen and oxygen atoms in total. The Hall–Kier alpha value is -3.19. The molecule has 2 aromatic carbocycles. The Morgan fingerprint density at radius 1 is 1.07 bits per heavy atom. The maximum absolute atomic E-state index is 14.7. The van der Waals surface area contributed by atoms with Crippen molar-refractivity contribution >= 4 is 46.9 Å². The van der Waals surface area contributed by atoms with E-state index < -0.39 is 23.7 Å². The smallest absolute Gasteiger partial charge is 0.335 e. The van der Waals surface area contributed by atoms with E-state index in [0.717, 1.165) is 36.4 Å². The average Bonchev–Trinajstić information content (AvgIpc) is 3.23. The van der Waals surface area contributed by atoms with Gasteiger partial charge in [-0.15, -0.1) is 0 Å². The molecule has 2 heterocycles. The van der Waals surface area contributed by atoms with Gasteiger partial charge in [0.15, 0.2) is 0 Å². The zero-order valence-corrected chi connectivity index (χ0v) is 17.0. The van der Waals surface area contributed by atoms with Crippen LogP contribution in [0.25, 0.3) is 6.08 Å². The topological polar surface area (TPSA) is 69.7 Å². The van der Waals surface area contributed by atoms with E-state index in [1.165, 1.54) is 36.4 Å². The van der Waals surface area contributed by atoms with Crippen LogP contribution in [0.4, 0.5) is 20.6 Å². The second-order valence-electron chi connectivity index (χ2n) is 7.29. The number of hydrogen-bond donors (Lipinski definition) is 1. The molecule has 0 aliphatic carbocycles. The van der Waals surface area contributed by atoms with Gasteiger partial charge in [0.2, 0.25) is 0 Å². The van der Waals surface area contributed by atoms with Crippen LogP contribution in [-0.4, -0.2) is 30.9 Å². The van der Waals surface area contributed by atoms with Gasteiger partial charge >= 0.3 is 6.03 Å². The van der Waals surface area contributed by atoms with E-state index in [4.69, 9.17) is 11.6 Å². The fraction of sp³-hybridized carbons (Fsp3) is 0.227. The lowest BCUT2D eigenvalue weighted by Gasteiger charge is -2.26. The summed E-state index contributed by atoms with van der Waals surface area (Å²) in [5.41, 5.74) is 1.67. The summed E-state index contributed by atoms with van der Waals surface area (Å²) < 4.78 is 14.7. The van der Waals surface area contributed by atoms with Crippen molar-refractivity contribution in [3.63, 3.8) is 0 Å². The number of urea groups is 1. The standard InChI is InChI=1S/C22H19ClFN3O3/c1-13-10-19(26-8-2-3-9-26)18(24)12-14(13)11-17-20(28)25-22(30)27(21(17)29)16-6-4-15(23)5-7-16/h4-7,10-12H,2-3,8-9H2,1H3,(H,25,28,30)/b17-11+. The van der Waals surface area contributed by atoms with Crippen LogP contribution in [0.15, 0.2) is 42.0 Å². The molecule has 2 aliphatic rings. The lowest BCUT2D eigenvalue weighted by molar-refractivity contribution is -0.122. The normalized spacial score (nSPS) is 18.4. The SMILES string of the molecule is Cc1cc(N2CCCC2)c(F)cc1/C=C1\C(=O)NC(=O)N(c2ccc(Cl)cc2)C1=O. The fourth-order valence-electron chi connectivity index (χ4n) is 3.68. The lowest BCUT2D eigenvalue weighted by Crippen LogP contribution is -2.54. The number of nitrogens with zero attached hydrogens (tertiary/aromatic N) is 2. The minimum absolute atomic E-state index is 0.249. The van der Waals surface area contributed by atoms with Crippen molar-refractivity contribution in [3.8, 4) is 0 Å². The number of rotatable bonds is 3. The van der Waals surface area contributed by atoms with Crippen LogP contribution in [0, 0.1) is 12.7 Å². The molecule has 30 heavy (non-hydrogen) atoms. The van der Waals surface area contributed by atoms with Crippen LogP contribution >= 0.6 is 11.6 Å². The molecule has 0 spiro atoms. The van der Waals surface area contributed by atoms with Crippen molar-refractivity contribution < 1.29 is 18.8 Å². The van der Waals surface area contributed by atoms with E-state index in [-0.39, 0.29) is 11.3 Å². The van der Waals surface area contributed by atoms with Gasteiger partial charge in [-0.25, -0.2) is 14.1 Å². The van der Waals surface area contributed by atoms with Crippen molar-refractivity contribution in [1.29, 1.82) is 0 Å². The van der Waals surface area contributed by atoms with Crippen molar-refractivity contribution in [2.75, 3.05) is 22.9 Å². The summed E-state index contributed by atoms with van der Waals surface area (Å²) in [4.78, 5) is 40.4. The fourth-order valence-corrected chi connectivity index (χ4v) is 3.80. The zero-order valence-electron chi connectivity index (χ0n) is 16.2. The third kappa shape index (κ3) is 3.68. The van der Waals surface area contributed by atoms with Crippen molar-refractivity contribution in [2.24, 2.45) is 0 Å². The third-order valence-electron chi connectivity index (χ3n) is 5.27. The molecular formula is C22H19ClFN3O3. The summed E-state index contributed by atoms with van der Waals surface area (Å²) in [7, 11) is 0. The molecule has 4 rings (SSSR count). The van der Waals surface area contributed by atoms with Gasteiger partial charge in [-0.1, -0.05) is 11.6 Å². The Morgan fingerprint density at radius 3 is 2.40 bits per heavy atom. The molecule has 2 saturated heterocycles. The number of benzene rings is 2. The van der Waals surface area contributed by atoms with Gasteiger partial charge < -0.3 is 4.90 Å². The number of amides is 4. The molecular weight excluding hydrogens is 409 g/mol. The Morgan fingerprint density at radius 2 is 1.73 bits per heavy atom. The summed E-state index contributed by atoms with van der Waals surface area (Å²) in [6.45, 7) is 3.39. The number of aryl methyl sites for hydroxylation is 1. The summed E-state index contributed by atoms with van der Waals surface area (Å²) in [6, 6.07) is 8.27. The summed E-state index contributed by atoms with van der Waals surface area (Å²) in [6.07, 6.45) is 3.36. The molecule has 2 fully saturated rings. The van der Waals surface area contributed by atoms with Crippen LogP contribution in [-0.2, 0) is 9.59 Å². The van der Waals surface area contributed by atoms with Crippen LogP contribution in [0.3, 0.4) is 0 Å². The second-order valence-corrected chi connectivity index (χ2v) is 7.73. The molecule has 0 radical (unpaired) electrons. The Bertz CT molecular complexity index is 1080. The Kier molecular flexibility index (Phi) is 5.30. The first-order chi connectivity index (χ1) is 14.3. The van der Waals surface area contributed by atoms with Gasteiger partial charge in [0.1, 0.15) is 11.4 Å². The van der Waals surface area contributed by atoms with E-state index in [9.17, 15) is 18.8 Å². The van der Waals surface area contributed by atoms with Crippen LogP contribution in [0.2, 0.25) is 5.02 Å².